The number of piperazine rings is 1. The smallest absolute Gasteiger partial charge is 0.254 e. The molecule has 0 aliphatic carbocycles. The first-order chi connectivity index (χ1) is 16.2. The van der Waals surface area contributed by atoms with Gasteiger partial charge in [0.05, 0.1) is 28.2 Å². The Morgan fingerprint density at radius 3 is 2.42 bits per heavy atom. The molecule has 6 nitrogen and oxygen atoms in total. The average Bonchev–Trinajstić information content (AvgIpc) is 3.39. The lowest BCUT2D eigenvalue weighted by molar-refractivity contribution is -0.117. The minimum Gasteiger partial charge on any atom is -0.336 e. The number of thiophene rings is 1. The zero-order valence-electron chi connectivity index (χ0n) is 18.1. The Balaban J connectivity index is 1.28. The fourth-order valence-electron chi connectivity index (χ4n) is 4.11. The first kappa shape index (κ1) is 21.3. The van der Waals surface area contributed by atoms with E-state index in [0.29, 0.717) is 38.3 Å². The maximum atomic E-state index is 13.5. The molecule has 2 aromatic carbocycles. The summed E-state index contributed by atoms with van der Waals surface area (Å²) in [4.78, 5) is 35.7. The predicted molar refractivity (Wildman–Crippen MR) is 132 cm³/mol. The first-order valence-corrected chi connectivity index (χ1v) is 11.9. The fourth-order valence-corrected chi connectivity index (χ4v) is 4.79. The number of aromatic nitrogens is 1. The molecule has 7 heteroatoms. The summed E-state index contributed by atoms with van der Waals surface area (Å²) < 4.78 is 0. The summed E-state index contributed by atoms with van der Waals surface area (Å²) in [5.41, 5.74) is 3.12. The van der Waals surface area contributed by atoms with Crippen molar-refractivity contribution in [3.63, 3.8) is 0 Å². The summed E-state index contributed by atoms with van der Waals surface area (Å²) >= 11 is 1.62. The van der Waals surface area contributed by atoms with Crippen molar-refractivity contribution in [2.24, 2.45) is 0 Å². The van der Waals surface area contributed by atoms with Crippen LogP contribution in [0.15, 0.2) is 78.2 Å². The lowest BCUT2D eigenvalue weighted by Gasteiger charge is -2.34. The van der Waals surface area contributed by atoms with E-state index in [0.717, 1.165) is 27.2 Å². The molecule has 1 N–H and O–H groups in total. The third-order valence-corrected chi connectivity index (χ3v) is 6.70. The second kappa shape index (κ2) is 9.52. The van der Waals surface area contributed by atoms with E-state index in [4.69, 9.17) is 4.98 Å². The standard InChI is InChI=1S/C26H24N4O2S/c31-25(27-19-7-2-1-3-8-19)18-29-12-14-30(15-13-29)26(32)21-17-23(24-11-6-16-33-24)28-22-10-5-4-9-20(21)22/h1-11,16-17H,12-15,18H2,(H,27,31). The first-order valence-electron chi connectivity index (χ1n) is 11.0. The molecule has 0 spiro atoms. The van der Waals surface area contributed by atoms with Gasteiger partial charge in [0.25, 0.3) is 5.91 Å². The molecule has 33 heavy (non-hydrogen) atoms. The molecular weight excluding hydrogens is 432 g/mol. The lowest BCUT2D eigenvalue weighted by atomic mass is 10.1. The highest BCUT2D eigenvalue weighted by Crippen LogP contribution is 2.28. The molecule has 1 aliphatic rings. The van der Waals surface area contributed by atoms with E-state index >= 15 is 0 Å². The van der Waals surface area contributed by atoms with Crippen molar-refractivity contribution in [2.45, 2.75) is 0 Å². The summed E-state index contributed by atoms with van der Waals surface area (Å²) in [6, 6.07) is 23.2. The minimum absolute atomic E-state index is 0.0137. The number of benzene rings is 2. The highest BCUT2D eigenvalue weighted by Gasteiger charge is 2.25. The van der Waals surface area contributed by atoms with Gasteiger partial charge in [-0.05, 0) is 35.7 Å². The van der Waals surface area contributed by atoms with Crippen molar-refractivity contribution >= 4 is 39.7 Å². The van der Waals surface area contributed by atoms with Crippen LogP contribution in [0.25, 0.3) is 21.5 Å². The van der Waals surface area contributed by atoms with Gasteiger partial charge in [-0.2, -0.15) is 0 Å². The van der Waals surface area contributed by atoms with Crippen molar-refractivity contribution in [3.05, 3.63) is 83.7 Å². The van der Waals surface area contributed by atoms with Gasteiger partial charge in [0.1, 0.15) is 0 Å². The third kappa shape index (κ3) is 4.79. The molecule has 1 saturated heterocycles. The molecular formula is C26H24N4O2S. The lowest BCUT2D eigenvalue weighted by Crippen LogP contribution is -2.50. The molecule has 0 radical (unpaired) electrons. The van der Waals surface area contributed by atoms with Gasteiger partial charge in [-0.25, -0.2) is 4.98 Å². The molecule has 0 bridgehead atoms. The number of carbonyl (C=O) groups excluding carboxylic acids is 2. The van der Waals surface area contributed by atoms with Crippen LogP contribution >= 0.6 is 11.3 Å². The van der Waals surface area contributed by atoms with Crippen molar-refractivity contribution in [1.29, 1.82) is 0 Å². The van der Waals surface area contributed by atoms with Gasteiger partial charge in [0.15, 0.2) is 0 Å². The third-order valence-electron chi connectivity index (χ3n) is 5.80. The van der Waals surface area contributed by atoms with Crippen LogP contribution < -0.4 is 5.32 Å². The van der Waals surface area contributed by atoms with E-state index in [9.17, 15) is 9.59 Å². The molecule has 0 unspecified atom stereocenters. The van der Waals surface area contributed by atoms with Gasteiger partial charge >= 0.3 is 0 Å². The van der Waals surface area contributed by atoms with Gasteiger partial charge in [-0.1, -0.05) is 42.5 Å². The van der Waals surface area contributed by atoms with E-state index < -0.39 is 0 Å². The number of nitrogens with zero attached hydrogens (tertiary/aromatic N) is 3. The number of amides is 2. The zero-order chi connectivity index (χ0) is 22.6. The quantitative estimate of drug-likeness (QED) is 0.485. The van der Waals surface area contributed by atoms with Crippen LogP contribution in [-0.4, -0.2) is 59.3 Å². The summed E-state index contributed by atoms with van der Waals surface area (Å²) in [6.45, 7) is 2.81. The number of anilines is 1. The molecule has 1 fully saturated rings. The molecule has 0 atom stereocenters. The van der Waals surface area contributed by atoms with Gasteiger partial charge in [0, 0.05) is 37.3 Å². The monoisotopic (exact) mass is 456 g/mol. The van der Waals surface area contributed by atoms with Crippen molar-refractivity contribution in [2.75, 3.05) is 38.0 Å². The van der Waals surface area contributed by atoms with E-state index in [2.05, 4.69) is 10.2 Å². The topological polar surface area (TPSA) is 65.5 Å². The predicted octanol–water partition coefficient (Wildman–Crippen LogP) is 4.36. The summed E-state index contributed by atoms with van der Waals surface area (Å²) in [6.07, 6.45) is 0. The number of hydrogen-bond donors (Lipinski definition) is 1. The summed E-state index contributed by atoms with van der Waals surface area (Å²) in [7, 11) is 0. The van der Waals surface area contributed by atoms with Gasteiger partial charge < -0.3 is 10.2 Å². The number of fused-ring (bicyclic) bond motifs is 1. The van der Waals surface area contributed by atoms with E-state index in [1.807, 2.05) is 83.1 Å². The van der Waals surface area contributed by atoms with Crippen molar-refractivity contribution in [3.8, 4) is 10.6 Å². The minimum atomic E-state index is -0.0401. The Kier molecular flexibility index (Phi) is 6.15. The molecule has 3 heterocycles. The van der Waals surface area contributed by atoms with Crippen LogP contribution in [-0.2, 0) is 4.79 Å². The number of hydrogen-bond acceptors (Lipinski definition) is 5. The van der Waals surface area contributed by atoms with Crippen LogP contribution in [0.4, 0.5) is 5.69 Å². The number of carbonyl (C=O) groups is 2. The Morgan fingerprint density at radius 1 is 0.909 bits per heavy atom. The SMILES string of the molecule is O=C(CN1CCN(C(=O)c2cc(-c3cccs3)nc3ccccc23)CC1)Nc1ccccc1. The largest absolute Gasteiger partial charge is 0.336 e. The Labute approximate surface area is 196 Å². The second-order valence-corrected chi connectivity index (χ2v) is 8.98. The highest BCUT2D eigenvalue weighted by molar-refractivity contribution is 7.13. The van der Waals surface area contributed by atoms with Crippen molar-refractivity contribution in [1.82, 2.24) is 14.8 Å². The summed E-state index contributed by atoms with van der Waals surface area (Å²) in [5.74, 6) is -0.0264. The molecule has 5 rings (SSSR count). The van der Waals surface area contributed by atoms with Crippen LogP contribution in [0.1, 0.15) is 10.4 Å². The number of para-hydroxylation sites is 2. The zero-order valence-corrected chi connectivity index (χ0v) is 18.9. The fraction of sp³-hybridized carbons (Fsp3) is 0.192. The Morgan fingerprint density at radius 2 is 1.67 bits per heavy atom. The van der Waals surface area contributed by atoms with Crippen LogP contribution in [0.3, 0.4) is 0 Å². The number of pyridine rings is 1. The highest BCUT2D eigenvalue weighted by atomic mass is 32.1. The number of rotatable bonds is 5. The molecule has 2 aromatic heterocycles. The summed E-state index contributed by atoms with van der Waals surface area (Å²) in [5, 5.41) is 5.80. The van der Waals surface area contributed by atoms with Gasteiger partial charge in [0.2, 0.25) is 5.91 Å². The molecule has 166 valence electrons. The van der Waals surface area contributed by atoms with E-state index in [1.54, 1.807) is 11.3 Å². The van der Waals surface area contributed by atoms with Crippen LogP contribution in [0.2, 0.25) is 0 Å². The van der Waals surface area contributed by atoms with Crippen LogP contribution in [0, 0.1) is 0 Å². The molecule has 2 amide bonds. The van der Waals surface area contributed by atoms with Crippen molar-refractivity contribution < 1.29 is 9.59 Å². The Bertz CT molecular complexity index is 1270. The Hall–Kier alpha value is -3.55. The molecule has 0 saturated carbocycles. The van der Waals surface area contributed by atoms with Crippen LogP contribution in [0.5, 0.6) is 0 Å². The second-order valence-electron chi connectivity index (χ2n) is 8.03. The normalized spacial score (nSPS) is 14.4. The number of nitrogens with one attached hydrogen (secondary N) is 1. The maximum Gasteiger partial charge on any atom is 0.254 e. The van der Waals surface area contributed by atoms with Gasteiger partial charge in [-0.3, -0.25) is 14.5 Å². The van der Waals surface area contributed by atoms with E-state index in [1.165, 1.54) is 0 Å². The average molecular weight is 457 g/mol. The maximum absolute atomic E-state index is 13.5. The molecule has 4 aromatic rings. The van der Waals surface area contributed by atoms with Gasteiger partial charge in [-0.15, -0.1) is 11.3 Å². The van der Waals surface area contributed by atoms with E-state index in [-0.39, 0.29) is 11.8 Å². The molecule has 1 aliphatic heterocycles.